The first-order valence-corrected chi connectivity index (χ1v) is 13.6. The fraction of sp³-hybridized carbons (Fsp3) is 0.778. The van der Waals surface area contributed by atoms with Gasteiger partial charge in [0, 0.05) is 11.4 Å². The van der Waals surface area contributed by atoms with Gasteiger partial charge >= 0.3 is 5.97 Å². The number of nitrogens with two attached hydrogens (primary N) is 1. The first kappa shape index (κ1) is 29.9. The zero-order valence-electron chi connectivity index (χ0n) is 22.5. The Kier molecular flexibility index (Phi) is 10.5. The molecular formula is C27H46N2O5S. The summed E-state index contributed by atoms with van der Waals surface area (Å²) >= 11 is 1.63. The minimum absolute atomic E-state index is 0.0433. The normalized spacial score (nSPS) is 25.1. The molecule has 8 heteroatoms. The van der Waals surface area contributed by atoms with Gasteiger partial charge < -0.3 is 25.8 Å². The van der Waals surface area contributed by atoms with Crippen molar-refractivity contribution in [3.05, 3.63) is 21.7 Å². The van der Waals surface area contributed by atoms with Crippen molar-refractivity contribution in [2.75, 3.05) is 0 Å². The molecule has 1 aromatic rings. The molecule has 2 rings (SSSR count). The second kappa shape index (κ2) is 12.3. The number of aliphatic hydroxyl groups is 2. The van der Waals surface area contributed by atoms with E-state index < -0.39 is 23.6 Å². The summed E-state index contributed by atoms with van der Waals surface area (Å²) in [6.07, 6.45) is 4.56. The van der Waals surface area contributed by atoms with Crippen LogP contribution in [0.1, 0.15) is 90.8 Å². The number of carbonyl (C=O) groups is 1. The lowest BCUT2D eigenvalue weighted by Crippen LogP contribution is -2.37. The highest BCUT2D eigenvalue weighted by molar-refractivity contribution is 7.09. The van der Waals surface area contributed by atoms with Gasteiger partial charge in [0.2, 0.25) is 0 Å². The molecule has 0 spiro atoms. The summed E-state index contributed by atoms with van der Waals surface area (Å²) in [7, 11) is 0. The number of aryl methyl sites for hydroxylation is 1. The van der Waals surface area contributed by atoms with Crippen LogP contribution in [0.15, 0.2) is 11.0 Å². The largest absolute Gasteiger partial charge is 0.481 e. The molecule has 0 radical (unpaired) electrons. The number of ether oxygens (including phenoxy) is 1. The molecule has 1 saturated heterocycles. The average molecular weight is 511 g/mol. The molecule has 1 aromatic heterocycles. The van der Waals surface area contributed by atoms with Crippen molar-refractivity contribution >= 4 is 23.4 Å². The second-order valence-corrected chi connectivity index (χ2v) is 12.6. The first-order valence-electron chi connectivity index (χ1n) is 12.8. The van der Waals surface area contributed by atoms with E-state index in [0.29, 0.717) is 6.42 Å². The van der Waals surface area contributed by atoms with Crippen LogP contribution in [0.4, 0.5) is 0 Å². The lowest BCUT2D eigenvalue weighted by molar-refractivity contribution is -0.141. The molecule has 35 heavy (non-hydrogen) atoms. The van der Waals surface area contributed by atoms with E-state index in [1.54, 1.807) is 11.3 Å². The number of carboxylic acid groups (broad SMARTS) is 1. The Labute approximate surface area is 214 Å². The molecule has 1 aliphatic rings. The van der Waals surface area contributed by atoms with E-state index in [9.17, 15) is 15.0 Å². The molecule has 0 saturated carbocycles. The van der Waals surface area contributed by atoms with E-state index in [2.05, 4.69) is 24.9 Å². The zero-order valence-corrected chi connectivity index (χ0v) is 23.3. The highest BCUT2D eigenvalue weighted by atomic mass is 32.1. The molecule has 0 aliphatic carbocycles. The zero-order chi connectivity index (χ0) is 26.6. The molecule has 0 aromatic carbocycles. The van der Waals surface area contributed by atoms with Crippen molar-refractivity contribution < 1.29 is 24.9 Å². The van der Waals surface area contributed by atoms with Gasteiger partial charge in [0.25, 0.3) is 0 Å². The van der Waals surface area contributed by atoms with Crippen LogP contribution >= 0.6 is 11.3 Å². The minimum atomic E-state index is -1.01. The molecule has 0 bridgehead atoms. The van der Waals surface area contributed by atoms with E-state index in [1.807, 2.05) is 40.0 Å². The van der Waals surface area contributed by atoms with Gasteiger partial charge in [-0.1, -0.05) is 39.7 Å². The molecule has 200 valence electrons. The number of nitrogens with zero attached hydrogens (tertiary/aromatic N) is 1. The van der Waals surface area contributed by atoms with Crippen LogP contribution in [-0.4, -0.2) is 56.2 Å². The Hall–Kier alpha value is -1.32. The minimum Gasteiger partial charge on any atom is -0.481 e. The Morgan fingerprint density at radius 1 is 1.34 bits per heavy atom. The maximum absolute atomic E-state index is 10.9. The van der Waals surface area contributed by atoms with Crippen LogP contribution in [0.2, 0.25) is 0 Å². The van der Waals surface area contributed by atoms with E-state index in [1.165, 1.54) is 0 Å². The third-order valence-electron chi connectivity index (χ3n) is 7.72. The van der Waals surface area contributed by atoms with Gasteiger partial charge in [-0.2, -0.15) is 0 Å². The number of aliphatic carboxylic acids is 1. The quantitative estimate of drug-likeness (QED) is 0.250. The predicted octanol–water partition coefficient (Wildman–Crippen LogP) is 4.79. The van der Waals surface area contributed by atoms with Crippen LogP contribution in [0.5, 0.6) is 0 Å². The van der Waals surface area contributed by atoms with Gasteiger partial charge in [0.1, 0.15) is 0 Å². The van der Waals surface area contributed by atoms with Crippen molar-refractivity contribution in [1.82, 2.24) is 4.98 Å². The van der Waals surface area contributed by atoms with Crippen molar-refractivity contribution in [3.63, 3.8) is 0 Å². The van der Waals surface area contributed by atoms with Crippen LogP contribution in [0.3, 0.4) is 0 Å². The van der Waals surface area contributed by atoms with E-state index in [0.717, 1.165) is 42.0 Å². The number of aromatic nitrogens is 1. The first-order chi connectivity index (χ1) is 16.1. The Morgan fingerprint density at radius 2 is 2.00 bits per heavy atom. The smallest absolute Gasteiger partial charge is 0.305 e. The summed E-state index contributed by atoms with van der Waals surface area (Å²) < 4.78 is 6.03. The summed E-state index contributed by atoms with van der Waals surface area (Å²) in [5.41, 5.74) is 7.76. The van der Waals surface area contributed by atoms with Crippen molar-refractivity contribution in [3.8, 4) is 0 Å². The van der Waals surface area contributed by atoms with Crippen LogP contribution < -0.4 is 5.73 Å². The van der Waals surface area contributed by atoms with Crippen molar-refractivity contribution in [2.45, 2.75) is 117 Å². The molecule has 7 nitrogen and oxygen atoms in total. The highest BCUT2D eigenvalue weighted by Gasteiger charge is 2.51. The highest BCUT2D eigenvalue weighted by Crippen LogP contribution is 2.44. The number of hydrogen-bond donors (Lipinski definition) is 4. The summed E-state index contributed by atoms with van der Waals surface area (Å²) in [5, 5.41) is 33.2. The van der Waals surface area contributed by atoms with Gasteiger partial charge in [0.05, 0.1) is 41.0 Å². The topological polar surface area (TPSA) is 129 Å². The van der Waals surface area contributed by atoms with Gasteiger partial charge in [-0.25, -0.2) is 4.98 Å². The lowest BCUT2D eigenvalue weighted by Gasteiger charge is -2.35. The molecule has 1 fully saturated rings. The second-order valence-electron chi connectivity index (χ2n) is 11.6. The van der Waals surface area contributed by atoms with Crippen molar-refractivity contribution in [1.29, 1.82) is 0 Å². The Bertz CT molecular complexity index is 870. The van der Waals surface area contributed by atoms with E-state index in [4.69, 9.17) is 15.6 Å². The number of thiazole rings is 1. The standard InChI is InChI=1S/C27H46N2O5S/c1-16(25(33)18(3)14-26(5,6)22(30)13-24(31)32)9-8-10-27(7)23(34-27)12-21(28)17(2)11-20-15-35-19(4)29-20/h11,15-16,18,21-23,25,30,33H,8-10,12-14,28H2,1-7H3,(H,31,32)/b17-11+. The van der Waals surface area contributed by atoms with Crippen LogP contribution in [-0.2, 0) is 9.53 Å². The summed E-state index contributed by atoms with van der Waals surface area (Å²) in [4.78, 5) is 15.4. The maximum Gasteiger partial charge on any atom is 0.305 e. The molecule has 2 heterocycles. The summed E-state index contributed by atoms with van der Waals surface area (Å²) in [5.74, 6) is -0.951. The molecule has 7 atom stereocenters. The van der Waals surface area contributed by atoms with Gasteiger partial charge in [-0.3, -0.25) is 4.79 Å². The lowest BCUT2D eigenvalue weighted by atomic mass is 9.74. The van der Waals surface area contributed by atoms with Gasteiger partial charge in [-0.15, -0.1) is 11.3 Å². The van der Waals surface area contributed by atoms with Gasteiger partial charge in [0.15, 0.2) is 0 Å². The van der Waals surface area contributed by atoms with Crippen LogP contribution in [0, 0.1) is 24.2 Å². The molecule has 0 amide bonds. The number of epoxide rings is 1. The molecule has 7 unspecified atom stereocenters. The fourth-order valence-corrected chi connectivity index (χ4v) is 5.62. The number of carboxylic acids is 1. The van der Waals surface area contributed by atoms with Crippen molar-refractivity contribution in [2.24, 2.45) is 23.0 Å². The average Bonchev–Trinajstić information content (AvgIpc) is 3.18. The molecular weight excluding hydrogens is 464 g/mol. The monoisotopic (exact) mass is 510 g/mol. The number of rotatable bonds is 15. The molecule has 5 N–H and O–H groups in total. The van der Waals surface area contributed by atoms with E-state index >= 15 is 0 Å². The SMILES string of the molecule is C/C(=C\c1csc(C)n1)C(N)CC1OC1(C)CCCC(C)C(O)C(C)CC(C)(C)C(O)CC(=O)O. The predicted molar refractivity (Wildman–Crippen MR) is 141 cm³/mol. The third-order valence-corrected chi connectivity index (χ3v) is 8.51. The number of aliphatic hydroxyl groups excluding tert-OH is 2. The summed E-state index contributed by atoms with van der Waals surface area (Å²) in [6, 6.07) is -0.0646. The Balaban J connectivity index is 1.75. The Morgan fingerprint density at radius 3 is 2.57 bits per heavy atom. The third kappa shape index (κ3) is 8.93. The van der Waals surface area contributed by atoms with Gasteiger partial charge in [-0.05, 0) is 69.8 Å². The fourth-order valence-electron chi connectivity index (χ4n) is 5.05. The van der Waals surface area contributed by atoms with E-state index in [-0.39, 0.29) is 36.0 Å². The molecule has 1 aliphatic heterocycles. The summed E-state index contributed by atoms with van der Waals surface area (Å²) in [6.45, 7) is 13.9. The number of hydrogen-bond acceptors (Lipinski definition) is 7. The van der Waals surface area contributed by atoms with Crippen LogP contribution in [0.25, 0.3) is 6.08 Å². The maximum atomic E-state index is 10.9.